The van der Waals surface area contributed by atoms with E-state index in [0.29, 0.717) is 57.7 Å². The van der Waals surface area contributed by atoms with E-state index >= 15 is 0 Å². The molecule has 0 atom stereocenters. The van der Waals surface area contributed by atoms with E-state index in [-0.39, 0.29) is 24.1 Å². The van der Waals surface area contributed by atoms with Crippen LogP contribution in [0.3, 0.4) is 0 Å². The third-order valence-electron chi connectivity index (χ3n) is 5.67. The summed E-state index contributed by atoms with van der Waals surface area (Å²) in [5.74, 6) is -0.0949. The summed E-state index contributed by atoms with van der Waals surface area (Å²) in [5.41, 5.74) is 1.55. The van der Waals surface area contributed by atoms with Crippen LogP contribution < -0.4 is 5.32 Å². The quantitative estimate of drug-likeness (QED) is 0.615. The molecule has 0 bridgehead atoms. The number of benzene rings is 1. The monoisotopic (exact) mass is 436 g/mol. The van der Waals surface area contributed by atoms with Crippen molar-refractivity contribution in [3.63, 3.8) is 0 Å². The average Bonchev–Trinajstić information content (AvgIpc) is 3.15. The largest absolute Gasteiger partial charge is 0.343 e. The lowest BCUT2D eigenvalue weighted by atomic mass is 10.1. The smallest absolute Gasteiger partial charge is 0.253 e. The molecule has 2 aliphatic rings. The van der Waals surface area contributed by atoms with E-state index in [9.17, 15) is 18.0 Å². The molecule has 2 aliphatic heterocycles. The van der Waals surface area contributed by atoms with E-state index in [4.69, 9.17) is 0 Å². The highest BCUT2D eigenvalue weighted by Crippen LogP contribution is 2.13. The normalized spacial score (nSPS) is 18.0. The summed E-state index contributed by atoms with van der Waals surface area (Å²) < 4.78 is 27.0. The molecule has 166 valence electrons. The Bertz CT molecular complexity index is 852. The van der Waals surface area contributed by atoms with Crippen LogP contribution in [0, 0.1) is 6.92 Å². The fraction of sp³-hybridized carbons (Fsp3) is 0.619. The number of piperazine rings is 1. The molecule has 0 aliphatic carbocycles. The summed E-state index contributed by atoms with van der Waals surface area (Å²) in [6.07, 6.45) is 2.11. The highest BCUT2D eigenvalue weighted by Gasteiger charge is 2.26. The highest BCUT2D eigenvalue weighted by atomic mass is 32.2. The number of nitrogens with zero attached hydrogens (tertiary/aromatic N) is 3. The lowest BCUT2D eigenvalue weighted by molar-refractivity contribution is -0.127. The van der Waals surface area contributed by atoms with Crippen molar-refractivity contribution in [3.8, 4) is 0 Å². The van der Waals surface area contributed by atoms with Crippen molar-refractivity contribution in [2.75, 3.05) is 58.1 Å². The number of nitrogens with one attached hydrogen (secondary N) is 1. The fourth-order valence-corrected chi connectivity index (χ4v) is 5.39. The third kappa shape index (κ3) is 6.02. The van der Waals surface area contributed by atoms with Crippen LogP contribution in [0.25, 0.3) is 0 Å². The Balaban J connectivity index is 1.64. The van der Waals surface area contributed by atoms with Gasteiger partial charge in [0.15, 0.2) is 0 Å². The summed E-state index contributed by atoms with van der Waals surface area (Å²) in [5, 5.41) is 3.15. The van der Waals surface area contributed by atoms with Crippen LogP contribution in [-0.4, -0.2) is 92.4 Å². The Kier molecular flexibility index (Phi) is 7.85. The molecule has 3 rings (SSSR count). The van der Waals surface area contributed by atoms with Gasteiger partial charge in [-0.1, -0.05) is 17.7 Å². The molecule has 0 saturated carbocycles. The van der Waals surface area contributed by atoms with Crippen molar-refractivity contribution < 1.29 is 18.0 Å². The molecule has 2 saturated heterocycles. The number of carbonyl (C=O) groups excluding carboxylic acids is 2. The van der Waals surface area contributed by atoms with Gasteiger partial charge >= 0.3 is 0 Å². The van der Waals surface area contributed by atoms with Gasteiger partial charge in [0.2, 0.25) is 15.9 Å². The molecule has 0 aromatic heterocycles. The number of hydrogen-bond acceptors (Lipinski definition) is 5. The summed E-state index contributed by atoms with van der Waals surface area (Å²) in [4.78, 5) is 28.4. The molecular formula is C21H32N4O4S. The minimum Gasteiger partial charge on any atom is -0.343 e. The average molecular weight is 437 g/mol. The maximum absolute atomic E-state index is 13.1. The van der Waals surface area contributed by atoms with Gasteiger partial charge < -0.3 is 15.1 Å². The zero-order valence-electron chi connectivity index (χ0n) is 17.7. The number of carbonyl (C=O) groups is 2. The zero-order valence-corrected chi connectivity index (χ0v) is 18.5. The lowest BCUT2D eigenvalue weighted by Gasteiger charge is -2.29. The van der Waals surface area contributed by atoms with Crippen LogP contribution in [0.5, 0.6) is 0 Å². The predicted molar refractivity (Wildman–Crippen MR) is 116 cm³/mol. The molecule has 9 heteroatoms. The minimum atomic E-state index is -3.42. The van der Waals surface area contributed by atoms with Crippen LogP contribution in [-0.2, 0) is 14.8 Å². The molecule has 2 fully saturated rings. The van der Waals surface area contributed by atoms with Gasteiger partial charge in [0.25, 0.3) is 5.91 Å². The highest BCUT2D eigenvalue weighted by molar-refractivity contribution is 7.89. The Morgan fingerprint density at radius 1 is 1.17 bits per heavy atom. The van der Waals surface area contributed by atoms with E-state index < -0.39 is 10.0 Å². The van der Waals surface area contributed by atoms with E-state index in [1.54, 1.807) is 11.0 Å². The van der Waals surface area contributed by atoms with Crippen LogP contribution in [0.2, 0.25) is 0 Å². The standard InChI is InChI=1S/C21H32N4O4S/c1-18-5-2-6-19(17-18)21(27)24(12-4-11-23-10-3-7-20(23)26)15-16-30(28,29)25-13-8-22-9-14-25/h2,5-6,17,22H,3-4,7-16H2,1H3. The Labute approximate surface area is 179 Å². The van der Waals surface area contributed by atoms with Gasteiger partial charge in [-0.3, -0.25) is 9.59 Å². The first-order valence-electron chi connectivity index (χ1n) is 10.7. The number of amides is 2. The number of aryl methyl sites for hydroxylation is 1. The summed E-state index contributed by atoms with van der Waals surface area (Å²) in [6.45, 7) is 6.08. The minimum absolute atomic E-state index is 0.0901. The van der Waals surface area contributed by atoms with Crippen molar-refractivity contribution >= 4 is 21.8 Å². The number of rotatable bonds is 9. The Hall–Kier alpha value is -1.97. The van der Waals surface area contributed by atoms with Crippen LogP contribution >= 0.6 is 0 Å². The lowest BCUT2D eigenvalue weighted by Crippen LogP contribution is -2.48. The molecule has 2 heterocycles. The molecule has 2 amide bonds. The molecule has 0 spiro atoms. The second-order valence-corrected chi connectivity index (χ2v) is 10.1. The first-order valence-corrected chi connectivity index (χ1v) is 12.3. The van der Waals surface area contributed by atoms with Gasteiger partial charge in [-0.2, -0.15) is 4.31 Å². The fourth-order valence-electron chi connectivity index (χ4n) is 3.95. The molecular weight excluding hydrogens is 404 g/mol. The van der Waals surface area contributed by atoms with Gasteiger partial charge in [-0.15, -0.1) is 0 Å². The van der Waals surface area contributed by atoms with Crippen LogP contribution in [0.4, 0.5) is 0 Å². The maximum Gasteiger partial charge on any atom is 0.253 e. The Morgan fingerprint density at radius 3 is 2.60 bits per heavy atom. The first-order chi connectivity index (χ1) is 14.4. The number of hydrogen-bond donors (Lipinski definition) is 1. The molecule has 1 N–H and O–H groups in total. The predicted octanol–water partition coefficient (Wildman–Crippen LogP) is 0.685. The second kappa shape index (κ2) is 10.4. The molecule has 0 radical (unpaired) electrons. The van der Waals surface area contributed by atoms with Crippen molar-refractivity contribution in [1.29, 1.82) is 0 Å². The van der Waals surface area contributed by atoms with E-state index in [2.05, 4.69) is 5.32 Å². The van der Waals surface area contributed by atoms with E-state index in [1.807, 2.05) is 30.0 Å². The van der Waals surface area contributed by atoms with E-state index in [0.717, 1.165) is 18.5 Å². The second-order valence-electron chi connectivity index (χ2n) is 7.96. The molecule has 1 aromatic rings. The maximum atomic E-state index is 13.1. The molecule has 30 heavy (non-hydrogen) atoms. The van der Waals surface area contributed by atoms with Gasteiger partial charge in [0, 0.05) is 64.3 Å². The molecule has 0 unspecified atom stereocenters. The van der Waals surface area contributed by atoms with E-state index in [1.165, 1.54) is 4.31 Å². The molecule has 8 nitrogen and oxygen atoms in total. The van der Waals surface area contributed by atoms with Crippen molar-refractivity contribution in [2.24, 2.45) is 0 Å². The van der Waals surface area contributed by atoms with Crippen LogP contribution in [0.15, 0.2) is 24.3 Å². The summed E-state index contributed by atoms with van der Waals surface area (Å²) >= 11 is 0. The van der Waals surface area contributed by atoms with Gasteiger partial charge in [-0.25, -0.2) is 8.42 Å². The third-order valence-corrected chi connectivity index (χ3v) is 7.52. The molecule has 1 aromatic carbocycles. The summed E-state index contributed by atoms with van der Waals surface area (Å²) in [6, 6.07) is 7.34. The summed E-state index contributed by atoms with van der Waals surface area (Å²) in [7, 11) is -3.42. The zero-order chi connectivity index (χ0) is 21.6. The Morgan fingerprint density at radius 2 is 1.93 bits per heavy atom. The van der Waals surface area contributed by atoms with Gasteiger partial charge in [0.1, 0.15) is 0 Å². The number of sulfonamides is 1. The first kappa shape index (κ1) is 22.7. The van der Waals surface area contributed by atoms with Gasteiger partial charge in [0.05, 0.1) is 5.75 Å². The van der Waals surface area contributed by atoms with Crippen LogP contribution in [0.1, 0.15) is 35.2 Å². The SMILES string of the molecule is Cc1cccc(C(=O)N(CCCN2CCCC2=O)CCS(=O)(=O)N2CCNCC2)c1. The van der Waals surface area contributed by atoms with Gasteiger partial charge in [-0.05, 0) is 31.9 Å². The topological polar surface area (TPSA) is 90.0 Å². The van der Waals surface area contributed by atoms with Crippen molar-refractivity contribution in [2.45, 2.75) is 26.2 Å². The van der Waals surface area contributed by atoms with Crippen molar-refractivity contribution in [1.82, 2.24) is 19.4 Å². The number of likely N-dealkylation sites (tertiary alicyclic amines) is 1. The van der Waals surface area contributed by atoms with Crippen molar-refractivity contribution in [3.05, 3.63) is 35.4 Å².